The van der Waals surface area contributed by atoms with Crippen LogP contribution in [-0.2, 0) is 4.74 Å². The fourth-order valence-corrected chi connectivity index (χ4v) is 2.90. The summed E-state index contributed by atoms with van der Waals surface area (Å²) in [6.07, 6.45) is 7.98. The Morgan fingerprint density at radius 1 is 1.33 bits per heavy atom. The van der Waals surface area contributed by atoms with Gasteiger partial charge in [0.2, 0.25) is 0 Å². The summed E-state index contributed by atoms with van der Waals surface area (Å²) in [5, 5.41) is 3.71. The highest BCUT2D eigenvalue weighted by Crippen LogP contribution is 2.30. The van der Waals surface area contributed by atoms with Gasteiger partial charge in [0.25, 0.3) is 0 Å². The van der Waals surface area contributed by atoms with Crippen LogP contribution in [0.1, 0.15) is 45.4 Å². The van der Waals surface area contributed by atoms with Crippen molar-refractivity contribution in [2.45, 2.75) is 51.5 Å². The summed E-state index contributed by atoms with van der Waals surface area (Å²) in [5.41, 5.74) is 0.379. The van der Waals surface area contributed by atoms with Crippen LogP contribution in [0.5, 0.6) is 0 Å². The molecule has 2 aliphatic rings. The van der Waals surface area contributed by atoms with Crippen LogP contribution in [0.25, 0.3) is 0 Å². The Balaban J connectivity index is 1.73. The van der Waals surface area contributed by atoms with Crippen LogP contribution < -0.4 is 5.32 Å². The van der Waals surface area contributed by atoms with E-state index >= 15 is 0 Å². The molecule has 18 heavy (non-hydrogen) atoms. The minimum atomic E-state index is 0.379. The molecule has 3 nitrogen and oxygen atoms in total. The minimum absolute atomic E-state index is 0.379. The van der Waals surface area contributed by atoms with E-state index in [2.05, 4.69) is 24.2 Å². The summed E-state index contributed by atoms with van der Waals surface area (Å²) >= 11 is 0. The van der Waals surface area contributed by atoms with Gasteiger partial charge in [0.15, 0.2) is 0 Å². The maximum absolute atomic E-state index is 5.67. The monoisotopic (exact) mass is 254 g/mol. The van der Waals surface area contributed by atoms with Gasteiger partial charge < -0.3 is 15.0 Å². The largest absolute Gasteiger partial charge is 0.381 e. The molecule has 1 saturated heterocycles. The lowest BCUT2D eigenvalue weighted by molar-refractivity contribution is 0.118. The van der Waals surface area contributed by atoms with Crippen molar-refractivity contribution >= 4 is 0 Å². The molecule has 0 aromatic rings. The van der Waals surface area contributed by atoms with Gasteiger partial charge in [-0.25, -0.2) is 0 Å². The highest BCUT2D eigenvalue weighted by molar-refractivity contribution is 4.91. The quantitative estimate of drug-likeness (QED) is 0.639. The number of nitrogens with one attached hydrogen (secondary N) is 1. The number of hydrogen-bond donors (Lipinski definition) is 1. The number of nitrogens with zero attached hydrogens (tertiary/aromatic N) is 1. The molecule has 1 saturated carbocycles. The van der Waals surface area contributed by atoms with Crippen molar-refractivity contribution in [1.82, 2.24) is 10.2 Å². The Hall–Kier alpha value is -0.120. The zero-order valence-electron chi connectivity index (χ0n) is 12.2. The van der Waals surface area contributed by atoms with Crippen LogP contribution in [0.3, 0.4) is 0 Å². The van der Waals surface area contributed by atoms with E-state index in [0.717, 1.165) is 25.8 Å². The lowest BCUT2D eigenvalue weighted by Gasteiger charge is -2.32. The van der Waals surface area contributed by atoms with Crippen molar-refractivity contribution < 1.29 is 4.74 Å². The Morgan fingerprint density at radius 3 is 2.78 bits per heavy atom. The van der Waals surface area contributed by atoms with Gasteiger partial charge in [-0.05, 0) is 39.3 Å². The topological polar surface area (TPSA) is 24.5 Å². The molecule has 0 spiro atoms. The SMILES string of the molecule is CCCCCN(C)CC1(CNC2CC2)CCOC1. The van der Waals surface area contributed by atoms with Gasteiger partial charge in [0, 0.05) is 31.2 Å². The van der Waals surface area contributed by atoms with Gasteiger partial charge in [0.1, 0.15) is 0 Å². The molecule has 1 atom stereocenters. The maximum atomic E-state index is 5.67. The van der Waals surface area contributed by atoms with E-state index < -0.39 is 0 Å². The van der Waals surface area contributed by atoms with Crippen LogP contribution in [0.2, 0.25) is 0 Å². The first-order valence-electron chi connectivity index (χ1n) is 7.74. The van der Waals surface area contributed by atoms with Crippen molar-refractivity contribution in [1.29, 1.82) is 0 Å². The zero-order valence-corrected chi connectivity index (χ0v) is 12.2. The predicted octanol–water partition coefficient (Wildman–Crippen LogP) is 2.27. The Kier molecular flexibility index (Phi) is 5.46. The average molecular weight is 254 g/mol. The molecule has 1 aliphatic heterocycles. The van der Waals surface area contributed by atoms with Crippen LogP contribution in [0, 0.1) is 5.41 Å². The summed E-state index contributed by atoms with van der Waals surface area (Å²) in [4.78, 5) is 2.51. The van der Waals surface area contributed by atoms with Crippen molar-refractivity contribution in [3.63, 3.8) is 0 Å². The summed E-state index contributed by atoms with van der Waals surface area (Å²) in [5.74, 6) is 0. The minimum Gasteiger partial charge on any atom is -0.381 e. The van der Waals surface area contributed by atoms with Crippen molar-refractivity contribution in [2.75, 3.05) is 39.9 Å². The lowest BCUT2D eigenvalue weighted by Crippen LogP contribution is -2.44. The fourth-order valence-electron chi connectivity index (χ4n) is 2.90. The molecular weight excluding hydrogens is 224 g/mol. The predicted molar refractivity (Wildman–Crippen MR) is 75.9 cm³/mol. The summed E-state index contributed by atoms with van der Waals surface area (Å²) in [6.45, 7) is 7.75. The van der Waals surface area contributed by atoms with Crippen molar-refractivity contribution in [2.24, 2.45) is 5.41 Å². The fraction of sp³-hybridized carbons (Fsp3) is 1.00. The molecule has 106 valence electrons. The molecule has 2 rings (SSSR count). The number of unbranched alkanes of at least 4 members (excludes halogenated alkanes) is 2. The first-order chi connectivity index (χ1) is 8.74. The van der Waals surface area contributed by atoms with Crippen LogP contribution in [0.4, 0.5) is 0 Å². The molecule has 1 N–H and O–H groups in total. The average Bonchev–Trinajstić information content (AvgIpc) is 3.08. The van der Waals surface area contributed by atoms with E-state index in [1.807, 2.05) is 0 Å². The van der Waals surface area contributed by atoms with E-state index in [1.54, 1.807) is 0 Å². The van der Waals surface area contributed by atoms with Gasteiger partial charge in [-0.2, -0.15) is 0 Å². The summed E-state index contributed by atoms with van der Waals surface area (Å²) in [6, 6.07) is 0.813. The van der Waals surface area contributed by atoms with Gasteiger partial charge in [-0.1, -0.05) is 19.8 Å². The third-order valence-electron chi connectivity index (χ3n) is 4.28. The third-order valence-corrected chi connectivity index (χ3v) is 4.28. The van der Waals surface area contributed by atoms with Gasteiger partial charge in [-0.15, -0.1) is 0 Å². The molecule has 2 fully saturated rings. The number of hydrogen-bond acceptors (Lipinski definition) is 3. The second kappa shape index (κ2) is 6.88. The standard InChI is InChI=1S/C15H30N2O/c1-3-4-5-9-17(2)12-15(8-10-18-13-15)11-16-14-6-7-14/h14,16H,3-13H2,1-2H3. The molecule has 0 aromatic carbocycles. The summed E-state index contributed by atoms with van der Waals surface area (Å²) < 4.78 is 5.67. The van der Waals surface area contributed by atoms with Gasteiger partial charge >= 0.3 is 0 Å². The van der Waals surface area contributed by atoms with E-state index in [0.29, 0.717) is 5.41 Å². The lowest BCUT2D eigenvalue weighted by atomic mass is 9.86. The van der Waals surface area contributed by atoms with E-state index in [1.165, 1.54) is 51.6 Å². The Labute approximate surface area is 112 Å². The molecule has 0 radical (unpaired) electrons. The first-order valence-corrected chi connectivity index (χ1v) is 7.74. The van der Waals surface area contributed by atoms with Gasteiger partial charge in [0.05, 0.1) is 6.61 Å². The van der Waals surface area contributed by atoms with Crippen molar-refractivity contribution in [3.05, 3.63) is 0 Å². The van der Waals surface area contributed by atoms with Crippen molar-refractivity contribution in [3.8, 4) is 0 Å². The molecule has 3 heteroatoms. The molecule has 1 unspecified atom stereocenters. The third kappa shape index (κ3) is 4.52. The smallest absolute Gasteiger partial charge is 0.0547 e. The van der Waals surface area contributed by atoms with E-state index in [4.69, 9.17) is 4.74 Å². The zero-order chi connectivity index (χ0) is 12.8. The number of rotatable bonds is 9. The Bertz CT molecular complexity index is 235. The summed E-state index contributed by atoms with van der Waals surface area (Å²) in [7, 11) is 2.27. The molecule has 0 amide bonds. The Morgan fingerprint density at radius 2 is 2.17 bits per heavy atom. The second-order valence-corrected chi connectivity index (χ2v) is 6.40. The highest BCUT2D eigenvalue weighted by Gasteiger charge is 2.37. The molecule has 0 aromatic heterocycles. The van der Waals surface area contributed by atoms with Crippen LogP contribution in [-0.4, -0.2) is 50.8 Å². The van der Waals surface area contributed by atoms with E-state index in [-0.39, 0.29) is 0 Å². The van der Waals surface area contributed by atoms with Crippen LogP contribution in [0.15, 0.2) is 0 Å². The maximum Gasteiger partial charge on any atom is 0.0547 e. The normalized spacial score (nSPS) is 28.2. The molecule has 0 bridgehead atoms. The second-order valence-electron chi connectivity index (χ2n) is 6.40. The first kappa shape index (κ1) is 14.3. The molecular formula is C15H30N2O. The van der Waals surface area contributed by atoms with Gasteiger partial charge in [-0.3, -0.25) is 0 Å². The molecule has 1 heterocycles. The number of ether oxygens (including phenoxy) is 1. The van der Waals surface area contributed by atoms with E-state index in [9.17, 15) is 0 Å². The highest BCUT2D eigenvalue weighted by atomic mass is 16.5. The van der Waals surface area contributed by atoms with Crippen LogP contribution >= 0.6 is 0 Å². The molecule has 1 aliphatic carbocycles.